The summed E-state index contributed by atoms with van der Waals surface area (Å²) in [6.45, 7) is 2.45. The van der Waals surface area contributed by atoms with Gasteiger partial charge in [0.2, 0.25) is 0 Å². The van der Waals surface area contributed by atoms with Gasteiger partial charge in [0.25, 0.3) is 5.56 Å². The Morgan fingerprint density at radius 1 is 0.906 bits per heavy atom. The SMILES string of the molecule is Cc1ccccc1Cn1c(=O)n(CCCS(=O)(=O)C2CCCCC2)c(=O)c2ccccc21. The smallest absolute Gasteiger partial charge is 0.289 e. The number of benzene rings is 2. The van der Waals surface area contributed by atoms with E-state index < -0.39 is 15.5 Å². The van der Waals surface area contributed by atoms with Gasteiger partial charge in [0, 0.05) is 6.54 Å². The van der Waals surface area contributed by atoms with Gasteiger partial charge >= 0.3 is 5.69 Å². The number of rotatable bonds is 7. The molecule has 4 rings (SSSR count). The van der Waals surface area contributed by atoms with Crippen LogP contribution in [0.1, 0.15) is 49.7 Å². The van der Waals surface area contributed by atoms with Crippen LogP contribution in [0.4, 0.5) is 0 Å². The van der Waals surface area contributed by atoms with Crippen molar-refractivity contribution < 1.29 is 8.42 Å². The number of aryl methyl sites for hydroxylation is 1. The van der Waals surface area contributed by atoms with Crippen molar-refractivity contribution in [2.24, 2.45) is 0 Å². The summed E-state index contributed by atoms with van der Waals surface area (Å²) in [6, 6.07) is 15.0. The average Bonchev–Trinajstić information content (AvgIpc) is 2.80. The molecule has 1 aromatic heterocycles. The third kappa shape index (κ3) is 4.58. The largest absolute Gasteiger partial charge is 0.331 e. The monoisotopic (exact) mass is 454 g/mol. The molecule has 0 unspecified atom stereocenters. The zero-order valence-electron chi connectivity index (χ0n) is 18.5. The van der Waals surface area contributed by atoms with Crippen molar-refractivity contribution >= 4 is 20.7 Å². The fourth-order valence-corrected chi connectivity index (χ4v) is 6.61. The van der Waals surface area contributed by atoms with Crippen LogP contribution in [0.15, 0.2) is 58.1 Å². The molecule has 0 radical (unpaired) electrons. The van der Waals surface area contributed by atoms with Crippen LogP contribution in [0.25, 0.3) is 10.9 Å². The quantitative estimate of drug-likeness (QED) is 0.546. The van der Waals surface area contributed by atoms with E-state index in [-0.39, 0.29) is 29.5 Å². The van der Waals surface area contributed by atoms with Crippen LogP contribution in [0.3, 0.4) is 0 Å². The lowest BCUT2D eigenvalue weighted by atomic mass is 10.0. The van der Waals surface area contributed by atoms with E-state index >= 15 is 0 Å². The number of hydrogen-bond donors (Lipinski definition) is 0. The Kier molecular flexibility index (Phi) is 6.65. The number of aromatic nitrogens is 2. The highest BCUT2D eigenvalue weighted by molar-refractivity contribution is 7.92. The van der Waals surface area contributed by atoms with Crippen LogP contribution in [0, 0.1) is 6.92 Å². The van der Waals surface area contributed by atoms with Crippen molar-refractivity contribution in [2.75, 3.05) is 5.75 Å². The molecule has 1 aliphatic rings. The summed E-state index contributed by atoms with van der Waals surface area (Å²) >= 11 is 0. The fraction of sp³-hybridized carbons (Fsp3) is 0.440. The molecule has 1 aliphatic carbocycles. The van der Waals surface area contributed by atoms with Gasteiger partial charge in [-0.25, -0.2) is 13.2 Å². The van der Waals surface area contributed by atoms with Crippen molar-refractivity contribution in [3.8, 4) is 0 Å². The van der Waals surface area contributed by atoms with E-state index in [1.807, 2.05) is 37.3 Å². The molecule has 0 amide bonds. The summed E-state index contributed by atoms with van der Waals surface area (Å²) in [5, 5.41) is 0.193. The van der Waals surface area contributed by atoms with Gasteiger partial charge in [0.05, 0.1) is 28.5 Å². The number of fused-ring (bicyclic) bond motifs is 1. The van der Waals surface area contributed by atoms with Crippen LogP contribution in [0.5, 0.6) is 0 Å². The number of para-hydroxylation sites is 1. The van der Waals surface area contributed by atoms with E-state index in [9.17, 15) is 18.0 Å². The highest BCUT2D eigenvalue weighted by atomic mass is 32.2. The van der Waals surface area contributed by atoms with E-state index in [0.29, 0.717) is 17.4 Å². The predicted molar refractivity (Wildman–Crippen MR) is 128 cm³/mol. The molecule has 0 saturated heterocycles. The Bertz CT molecular complexity index is 1330. The third-order valence-electron chi connectivity index (χ3n) is 6.59. The van der Waals surface area contributed by atoms with Gasteiger partial charge in [-0.2, -0.15) is 0 Å². The molecule has 1 heterocycles. The summed E-state index contributed by atoms with van der Waals surface area (Å²) in [6.07, 6.45) is 4.72. The lowest BCUT2D eigenvalue weighted by Gasteiger charge is -2.21. The van der Waals surface area contributed by atoms with Gasteiger partial charge in [-0.05, 0) is 49.4 Å². The summed E-state index contributed by atoms with van der Waals surface area (Å²) in [5.74, 6) is 0.00810. The topological polar surface area (TPSA) is 78.1 Å². The standard InChI is InChI=1S/C25H30N2O4S/c1-19-10-5-6-11-20(19)18-27-23-15-8-7-14-22(23)24(28)26(25(27)29)16-9-17-32(30,31)21-12-3-2-4-13-21/h5-8,10-11,14-15,21H,2-4,9,12-13,16-18H2,1H3. The van der Waals surface area contributed by atoms with Crippen molar-refractivity contribution in [1.29, 1.82) is 0 Å². The molecular weight excluding hydrogens is 424 g/mol. The first-order chi connectivity index (χ1) is 15.4. The second kappa shape index (κ2) is 9.45. The molecular formula is C25H30N2O4S. The van der Waals surface area contributed by atoms with Crippen LogP contribution >= 0.6 is 0 Å². The van der Waals surface area contributed by atoms with Crippen molar-refractivity contribution in [3.63, 3.8) is 0 Å². The fourth-order valence-electron chi connectivity index (χ4n) is 4.69. The molecule has 0 N–H and O–H groups in total. The molecule has 32 heavy (non-hydrogen) atoms. The van der Waals surface area contributed by atoms with Crippen molar-refractivity contribution in [1.82, 2.24) is 9.13 Å². The minimum absolute atomic E-state index is 0.00810. The van der Waals surface area contributed by atoms with Crippen molar-refractivity contribution in [2.45, 2.75) is 63.8 Å². The summed E-state index contributed by atoms with van der Waals surface area (Å²) in [7, 11) is -3.21. The molecule has 0 aliphatic heterocycles. The second-order valence-corrected chi connectivity index (χ2v) is 11.2. The first-order valence-corrected chi connectivity index (χ1v) is 13.1. The normalized spacial score (nSPS) is 15.3. The van der Waals surface area contributed by atoms with E-state index in [2.05, 4.69) is 0 Å². The van der Waals surface area contributed by atoms with Crippen LogP contribution in [-0.4, -0.2) is 28.6 Å². The van der Waals surface area contributed by atoms with Gasteiger partial charge in [0.15, 0.2) is 9.84 Å². The predicted octanol–water partition coefficient (Wildman–Crippen LogP) is 3.66. The minimum Gasteiger partial charge on any atom is -0.289 e. The molecule has 2 aromatic carbocycles. The van der Waals surface area contributed by atoms with Crippen LogP contribution < -0.4 is 11.2 Å². The van der Waals surface area contributed by atoms with E-state index in [1.165, 1.54) is 4.57 Å². The molecule has 0 bridgehead atoms. The summed E-state index contributed by atoms with van der Waals surface area (Å²) in [5.41, 5.74) is 1.91. The zero-order valence-corrected chi connectivity index (χ0v) is 19.3. The Balaban J connectivity index is 1.65. The molecule has 1 saturated carbocycles. The lowest BCUT2D eigenvalue weighted by molar-refractivity contribution is 0.481. The molecule has 3 aromatic rings. The maximum absolute atomic E-state index is 13.4. The lowest BCUT2D eigenvalue weighted by Crippen LogP contribution is -2.41. The summed E-state index contributed by atoms with van der Waals surface area (Å²) in [4.78, 5) is 26.4. The molecule has 6 nitrogen and oxygen atoms in total. The molecule has 1 fully saturated rings. The maximum atomic E-state index is 13.4. The second-order valence-electron chi connectivity index (χ2n) is 8.75. The third-order valence-corrected chi connectivity index (χ3v) is 8.94. The molecule has 170 valence electrons. The average molecular weight is 455 g/mol. The van der Waals surface area contributed by atoms with E-state index in [0.717, 1.165) is 43.2 Å². The van der Waals surface area contributed by atoms with Gasteiger partial charge in [-0.15, -0.1) is 0 Å². The summed E-state index contributed by atoms with van der Waals surface area (Å²) < 4.78 is 28.3. The molecule has 0 atom stereocenters. The maximum Gasteiger partial charge on any atom is 0.331 e. The van der Waals surface area contributed by atoms with E-state index in [1.54, 1.807) is 22.8 Å². The highest BCUT2D eigenvalue weighted by Gasteiger charge is 2.26. The Morgan fingerprint density at radius 2 is 1.59 bits per heavy atom. The Labute approximate surface area is 188 Å². The van der Waals surface area contributed by atoms with Gasteiger partial charge < -0.3 is 0 Å². The minimum atomic E-state index is -3.21. The Morgan fingerprint density at radius 3 is 2.34 bits per heavy atom. The van der Waals surface area contributed by atoms with Gasteiger partial charge in [-0.3, -0.25) is 13.9 Å². The number of hydrogen-bond acceptors (Lipinski definition) is 4. The molecule has 0 spiro atoms. The van der Waals surface area contributed by atoms with Gasteiger partial charge in [0.1, 0.15) is 0 Å². The molecule has 7 heteroatoms. The number of nitrogens with zero attached hydrogens (tertiary/aromatic N) is 2. The first kappa shape index (κ1) is 22.5. The van der Waals surface area contributed by atoms with Crippen LogP contribution in [-0.2, 0) is 22.9 Å². The van der Waals surface area contributed by atoms with Gasteiger partial charge in [-0.1, -0.05) is 55.7 Å². The first-order valence-electron chi connectivity index (χ1n) is 11.4. The van der Waals surface area contributed by atoms with Crippen molar-refractivity contribution in [3.05, 3.63) is 80.5 Å². The Hall–Kier alpha value is -2.67. The van der Waals surface area contributed by atoms with Crippen LogP contribution in [0.2, 0.25) is 0 Å². The zero-order chi connectivity index (χ0) is 22.7. The number of sulfone groups is 1. The highest BCUT2D eigenvalue weighted by Crippen LogP contribution is 2.24. The van der Waals surface area contributed by atoms with E-state index in [4.69, 9.17) is 0 Å².